The third kappa shape index (κ3) is 3.34. The van der Waals surface area contributed by atoms with Crippen molar-refractivity contribution in [1.82, 2.24) is 0 Å². The lowest BCUT2D eigenvalue weighted by molar-refractivity contribution is -0.119. The zero-order valence-corrected chi connectivity index (χ0v) is 12.9. The molecule has 0 amide bonds. The van der Waals surface area contributed by atoms with Gasteiger partial charge < -0.3 is 13.9 Å². The third-order valence-electron chi connectivity index (χ3n) is 3.60. The predicted molar refractivity (Wildman–Crippen MR) is 85.4 cm³/mol. The topological polar surface area (TPSA) is 65.7 Å². The first-order valence-corrected chi connectivity index (χ1v) is 7.29. The van der Waals surface area contributed by atoms with Gasteiger partial charge in [0.2, 0.25) is 0 Å². The molecular weight excluding hydrogens is 296 g/mol. The van der Waals surface area contributed by atoms with Gasteiger partial charge in [-0.1, -0.05) is 0 Å². The number of carbonyl (C=O) groups excluding carboxylic acids is 1. The van der Waals surface area contributed by atoms with E-state index in [0.717, 1.165) is 11.0 Å². The van der Waals surface area contributed by atoms with Crippen molar-refractivity contribution in [3.63, 3.8) is 0 Å². The zero-order chi connectivity index (χ0) is 16.4. The number of rotatable bonds is 4. The van der Waals surface area contributed by atoms with Crippen molar-refractivity contribution in [2.24, 2.45) is 0 Å². The molecule has 1 aromatic heterocycles. The van der Waals surface area contributed by atoms with Crippen LogP contribution < -0.4 is 10.4 Å². The summed E-state index contributed by atoms with van der Waals surface area (Å²) < 4.78 is 16.2. The Balaban J connectivity index is 1.69. The monoisotopic (exact) mass is 312 g/mol. The molecule has 0 saturated carbocycles. The van der Waals surface area contributed by atoms with Crippen LogP contribution in [-0.2, 0) is 9.53 Å². The number of ketones is 1. The number of carbonyl (C=O) groups is 1. The highest BCUT2D eigenvalue weighted by Crippen LogP contribution is 2.22. The maximum absolute atomic E-state index is 11.4. The molecule has 1 aromatic carbocycles. The Hall–Kier alpha value is -2.82. The minimum atomic E-state index is -0.419. The van der Waals surface area contributed by atoms with Crippen molar-refractivity contribution in [3.05, 3.63) is 64.2 Å². The Kier molecular flexibility index (Phi) is 4.02. The summed E-state index contributed by atoms with van der Waals surface area (Å²) in [5.74, 6) is 1.15. The number of fused-ring (bicyclic) bond motifs is 1. The highest BCUT2D eigenvalue weighted by molar-refractivity contribution is 5.96. The molecule has 1 unspecified atom stereocenters. The van der Waals surface area contributed by atoms with Gasteiger partial charge in [0.15, 0.2) is 11.9 Å². The summed E-state index contributed by atoms with van der Waals surface area (Å²) >= 11 is 0. The van der Waals surface area contributed by atoms with Crippen molar-refractivity contribution in [3.8, 4) is 5.75 Å². The molecule has 0 fully saturated rings. The van der Waals surface area contributed by atoms with Crippen LogP contribution in [-0.4, -0.2) is 18.5 Å². The lowest BCUT2D eigenvalue weighted by Crippen LogP contribution is -2.10. The number of benzene rings is 1. The van der Waals surface area contributed by atoms with Gasteiger partial charge in [-0.25, -0.2) is 4.79 Å². The van der Waals surface area contributed by atoms with Crippen LogP contribution in [0.2, 0.25) is 0 Å². The summed E-state index contributed by atoms with van der Waals surface area (Å²) in [7, 11) is 0. The largest absolute Gasteiger partial charge is 0.489 e. The van der Waals surface area contributed by atoms with Gasteiger partial charge in [0.25, 0.3) is 0 Å². The van der Waals surface area contributed by atoms with Crippen LogP contribution in [0.25, 0.3) is 11.0 Å². The molecule has 0 N–H and O–H groups in total. The third-order valence-corrected chi connectivity index (χ3v) is 3.60. The number of hydrogen-bond donors (Lipinski definition) is 0. The fraction of sp³-hybridized carbons (Fsp3) is 0.222. The van der Waals surface area contributed by atoms with E-state index >= 15 is 0 Å². The van der Waals surface area contributed by atoms with E-state index in [-0.39, 0.29) is 5.78 Å². The Bertz CT molecular complexity index is 872. The fourth-order valence-corrected chi connectivity index (χ4v) is 2.23. The summed E-state index contributed by atoms with van der Waals surface area (Å²) in [4.78, 5) is 22.7. The Labute approximate surface area is 132 Å². The normalized spacial score (nSPS) is 18.0. The maximum Gasteiger partial charge on any atom is 0.336 e. The Morgan fingerprint density at radius 2 is 2.04 bits per heavy atom. The van der Waals surface area contributed by atoms with Crippen molar-refractivity contribution >= 4 is 16.8 Å². The smallest absolute Gasteiger partial charge is 0.336 e. The number of hydrogen-bond acceptors (Lipinski definition) is 5. The van der Waals surface area contributed by atoms with Gasteiger partial charge >= 0.3 is 5.63 Å². The lowest BCUT2D eigenvalue weighted by atomic mass is 10.2. The van der Waals surface area contributed by atoms with E-state index in [4.69, 9.17) is 13.9 Å². The molecular formula is C18H16O5. The zero-order valence-electron chi connectivity index (χ0n) is 12.9. The lowest BCUT2D eigenvalue weighted by Gasteiger charge is -2.08. The van der Waals surface area contributed by atoms with E-state index in [0.29, 0.717) is 23.7 Å². The van der Waals surface area contributed by atoms with E-state index in [1.165, 1.54) is 12.1 Å². The molecule has 5 nitrogen and oxygen atoms in total. The molecule has 0 radical (unpaired) electrons. The SMILES string of the molecule is C/C(=C\COc1ccc2ccc(=O)oc2c1)C1=CC(=O)C(C)O1. The van der Waals surface area contributed by atoms with E-state index in [1.807, 2.05) is 25.1 Å². The molecule has 23 heavy (non-hydrogen) atoms. The second-order valence-corrected chi connectivity index (χ2v) is 5.32. The molecule has 2 aromatic rings. The van der Waals surface area contributed by atoms with Crippen molar-refractivity contribution in [2.75, 3.05) is 6.61 Å². The predicted octanol–water partition coefficient (Wildman–Crippen LogP) is 2.99. The summed E-state index contributed by atoms with van der Waals surface area (Å²) in [5, 5.41) is 0.834. The highest BCUT2D eigenvalue weighted by Gasteiger charge is 2.22. The van der Waals surface area contributed by atoms with Crippen LogP contribution in [0.3, 0.4) is 0 Å². The van der Waals surface area contributed by atoms with E-state index < -0.39 is 11.7 Å². The average Bonchev–Trinajstić information content (AvgIpc) is 2.86. The Morgan fingerprint density at radius 1 is 1.26 bits per heavy atom. The maximum atomic E-state index is 11.4. The van der Waals surface area contributed by atoms with E-state index in [1.54, 1.807) is 19.1 Å². The van der Waals surface area contributed by atoms with Gasteiger partial charge in [0.05, 0.1) is 0 Å². The summed E-state index contributed by atoms with van der Waals surface area (Å²) in [6.07, 6.45) is 2.92. The fourth-order valence-electron chi connectivity index (χ4n) is 2.23. The van der Waals surface area contributed by atoms with Gasteiger partial charge in [-0.05, 0) is 43.7 Å². The minimum absolute atomic E-state index is 0.0294. The standard InChI is InChI=1S/C18H16O5/c1-11(16-10-15(19)12(2)22-16)7-8-21-14-5-3-13-4-6-18(20)23-17(13)9-14/h3-7,9-10,12H,8H2,1-2H3/b11-7+. The van der Waals surface area contributed by atoms with E-state index in [9.17, 15) is 9.59 Å². The number of ether oxygens (including phenoxy) is 2. The minimum Gasteiger partial charge on any atom is -0.489 e. The molecule has 2 heterocycles. The molecule has 5 heteroatoms. The van der Waals surface area contributed by atoms with E-state index in [2.05, 4.69) is 0 Å². The first-order valence-electron chi connectivity index (χ1n) is 7.29. The highest BCUT2D eigenvalue weighted by atomic mass is 16.5. The van der Waals surface area contributed by atoms with Crippen molar-refractivity contribution in [1.29, 1.82) is 0 Å². The van der Waals surface area contributed by atoms with Crippen LogP contribution in [0.5, 0.6) is 5.75 Å². The van der Waals surface area contributed by atoms with Crippen LogP contribution in [0.15, 0.2) is 63.0 Å². The molecule has 3 rings (SSSR count). The Morgan fingerprint density at radius 3 is 2.78 bits per heavy atom. The quantitative estimate of drug-likeness (QED) is 0.812. The first-order chi connectivity index (χ1) is 11.0. The summed E-state index contributed by atoms with van der Waals surface area (Å²) in [6.45, 7) is 3.90. The second-order valence-electron chi connectivity index (χ2n) is 5.32. The van der Waals surface area contributed by atoms with Gasteiger partial charge in [-0.15, -0.1) is 0 Å². The van der Waals surface area contributed by atoms with Crippen molar-refractivity contribution in [2.45, 2.75) is 20.0 Å². The van der Waals surface area contributed by atoms with Crippen LogP contribution in [0, 0.1) is 0 Å². The van der Waals surface area contributed by atoms with Crippen LogP contribution >= 0.6 is 0 Å². The molecule has 0 bridgehead atoms. The van der Waals surface area contributed by atoms with Gasteiger partial charge in [0, 0.05) is 23.6 Å². The summed E-state index contributed by atoms with van der Waals surface area (Å²) in [5.41, 5.74) is 0.932. The first kappa shape index (κ1) is 15.1. The van der Waals surface area contributed by atoms with Gasteiger partial charge in [-0.2, -0.15) is 0 Å². The molecule has 0 spiro atoms. The van der Waals surface area contributed by atoms with Crippen molar-refractivity contribution < 1.29 is 18.7 Å². The molecule has 1 aliphatic rings. The molecule has 0 saturated heterocycles. The van der Waals surface area contributed by atoms with Crippen LogP contribution in [0.4, 0.5) is 0 Å². The molecule has 118 valence electrons. The molecule has 0 aliphatic carbocycles. The average molecular weight is 312 g/mol. The molecule has 1 atom stereocenters. The van der Waals surface area contributed by atoms with Gasteiger partial charge in [0.1, 0.15) is 23.7 Å². The second kappa shape index (κ2) is 6.12. The van der Waals surface area contributed by atoms with Crippen LogP contribution in [0.1, 0.15) is 13.8 Å². The number of allylic oxidation sites excluding steroid dienone is 1. The summed E-state index contributed by atoms with van der Waals surface area (Å²) in [6, 6.07) is 8.40. The van der Waals surface area contributed by atoms with Gasteiger partial charge in [-0.3, -0.25) is 4.79 Å². The molecule has 1 aliphatic heterocycles.